The average Bonchev–Trinajstić information content (AvgIpc) is 2.98. The fourth-order valence-corrected chi connectivity index (χ4v) is 3.33. The Labute approximate surface area is 147 Å². The number of rotatable bonds is 4. The first kappa shape index (κ1) is 16.9. The Balaban J connectivity index is 1.85. The molecular weight excluding hydrogens is 343 g/mol. The standard InChI is InChI=1S/C18H15FN2O3S/c1-10(22)20-14-9-13(4-5-15(14)24-2)21-18(23)17-8-11-7-12(19)3-6-16(11)25-17/h3-9H,1-2H3,(H,20,22)(H,21,23). The number of amides is 2. The van der Waals surface area contributed by atoms with Gasteiger partial charge in [-0.15, -0.1) is 11.3 Å². The van der Waals surface area contributed by atoms with Gasteiger partial charge in [0.15, 0.2) is 0 Å². The highest BCUT2D eigenvalue weighted by Crippen LogP contribution is 2.30. The fourth-order valence-electron chi connectivity index (χ4n) is 2.39. The smallest absolute Gasteiger partial charge is 0.265 e. The molecule has 1 heterocycles. The molecule has 0 aliphatic rings. The van der Waals surface area contributed by atoms with E-state index in [2.05, 4.69) is 10.6 Å². The van der Waals surface area contributed by atoms with Crippen LogP contribution in [0.5, 0.6) is 5.75 Å². The topological polar surface area (TPSA) is 67.4 Å². The van der Waals surface area contributed by atoms with Gasteiger partial charge in [-0.3, -0.25) is 9.59 Å². The highest BCUT2D eigenvalue weighted by Gasteiger charge is 2.13. The second-order valence-electron chi connectivity index (χ2n) is 5.34. The number of fused-ring (bicyclic) bond motifs is 1. The molecule has 0 aliphatic heterocycles. The number of hydrogen-bond donors (Lipinski definition) is 2. The molecule has 0 saturated carbocycles. The normalized spacial score (nSPS) is 10.5. The molecule has 128 valence electrons. The largest absolute Gasteiger partial charge is 0.495 e. The van der Waals surface area contributed by atoms with E-state index in [4.69, 9.17) is 4.74 Å². The van der Waals surface area contributed by atoms with Gasteiger partial charge in [0.25, 0.3) is 5.91 Å². The van der Waals surface area contributed by atoms with Crippen LogP contribution in [-0.4, -0.2) is 18.9 Å². The first-order chi connectivity index (χ1) is 12.0. The number of nitrogens with one attached hydrogen (secondary N) is 2. The van der Waals surface area contributed by atoms with Crippen LogP contribution in [0.2, 0.25) is 0 Å². The zero-order chi connectivity index (χ0) is 18.0. The lowest BCUT2D eigenvalue weighted by atomic mass is 10.2. The number of ether oxygens (including phenoxy) is 1. The summed E-state index contributed by atoms with van der Waals surface area (Å²) in [5, 5.41) is 6.10. The molecular formula is C18H15FN2O3S. The van der Waals surface area contributed by atoms with Crippen molar-refractivity contribution in [2.45, 2.75) is 6.92 Å². The fraction of sp³-hybridized carbons (Fsp3) is 0.111. The van der Waals surface area contributed by atoms with E-state index in [1.54, 1.807) is 30.3 Å². The molecule has 0 atom stereocenters. The number of anilines is 2. The average molecular weight is 358 g/mol. The van der Waals surface area contributed by atoms with Crippen LogP contribution in [-0.2, 0) is 4.79 Å². The summed E-state index contributed by atoms with van der Waals surface area (Å²) in [5.74, 6) is -0.397. The Morgan fingerprint density at radius 2 is 1.88 bits per heavy atom. The van der Waals surface area contributed by atoms with Crippen molar-refractivity contribution in [2.75, 3.05) is 17.7 Å². The first-order valence-electron chi connectivity index (χ1n) is 7.42. The molecule has 0 fully saturated rings. The molecule has 3 rings (SSSR count). The van der Waals surface area contributed by atoms with Crippen LogP contribution in [0.15, 0.2) is 42.5 Å². The van der Waals surface area contributed by atoms with Crippen molar-refractivity contribution in [3.8, 4) is 5.75 Å². The van der Waals surface area contributed by atoms with Crippen LogP contribution in [0.1, 0.15) is 16.6 Å². The monoisotopic (exact) mass is 358 g/mol. The van der Waals surface area contributed by atoms with Crippen LogP contribution < -0.4 is 15.4 Å². The van der Waals surface area contributed by atoms with Gasteiger partial charge in [0.2, 0.25) is 5.91 Å². The van der Waals surface area contributed by atoms with E-state index in [1.165, 1.54) is 37.5 Å². The Morgan fingerprint density at radius 3 is 2.60 bits per heavy atom. The number of halogens is 1. The lowest BCUT2D eigenvalue weighted by molar-refractivity contribution is -0.114. The predicted molar refractivity (Wildman–Crippen MR) is 97.0 cm³/mol. The van der Waals surface area contributed by atoms with Gasteiger partial charge in [-0.25, -0.2) is 4.39 Å². The van der Waals surface area contributed by atoms with E-state index in [9.17, 15) is 14.0 Å². The maximum Gasteiger partial charge on any atom is 0.265 e. The lowest BCUT2D eigenvalue weighted by Gasteiger charge is -2.11. The summed E-state index contributed by atoms with van der Waals surface area (Å²) in [5.41, 5.74) is 0.976. The van der Waals surface area contributed by atoms with Crippen molar-refractivity contribution < 1.29 is 18.7 Å². The maximum atomic E-state index is 13.3. The van der Waals surface area contributed by atoms with Gasteiger partial charge in [0.1, 0.15) is 11.6 Å². The molecule has 7 heteroatoms. The molecule has 0 unspecified atom stereocenters. The van der Waals surface area contributed by atoms with Crippen molar-refractivity contribution in [2.24, 2.45) is 0 Å². The van der Waals surface area contributed by atoms with Crippen molar-refractivity contribution in [1.82, 2.24) is 0 Å². The Kier molecular flexibility index (Phi) is 4.67. The van der Waals surface area contributed by atoms with Gasteiger partial charge in [0.05, 0.1) is 17.7 Å². The van der Waals surface area contributed by atoms with Gasteiger partial charge < -0.3 is 15.4 Å². The number of thiophene rings is 1. The van der Waals surface area contributed by atoms with Crippen molar-refractivity contribution in [3.05, 3.63) is 53.2 Å². The molecule has 5 nitrogen and oxygen atoms in total. The summed E-state index contributed by atoms with van der Waals surface area (Å²) in [7, 11) is 1.50. The number of hydrogen-bond acceptors (Lipinski definition) is 4. The van der Waals surface area contributed by atoms with Gasteiger partial charge in [0, 0.05) is 17.3 Å². The van der Waals surface area contributed by atoms with E-state index in [0.717, 1.165) is 4.70 Å². The molecule has 2 aromatic carbocycles. The molecule has 1 aromatic heterocycles. The van der Waals surface area contributed by atoms with Crippen molar-refractivity contribution >= 4 is 44.6 Å². The SMILES string of the molecule is COc1ccc(NC(=O)c2cc3cc(F)ccc3s2)cc1NC(C)=O. The molecule has 0 radical (unpaired) electrons. The minimum atomic E-state index is -0.340. The van der Waals surface area contributed by atoms with Crippen molar-refractivity contribution in [3.63, 3.8) is 0 Å². The van der Waals surface area contributed by atoms with Gasteiger partial charge in [-0.2, -0.15) is 0 Å². The maximum absolute atomic E-state index is 13.3. The lowest BCUT2D eigenvalue weighted by Crippen LogP contribution is -2.11. The van der Waals surface area contributed by atoms with Crippen LogP contribution in [0.25, 0.3) is 10.1 Å². The van der Waals surface area contributed by atoms with Crippen LogP contribution in [0.3, 0.4) is 0 Å². The molecule has 25 heavy (non-hydrogen) atoms. The molecule has 2 N–H and O–H groups in total. The second-order valence-corrected chi connectivity index (χ2v) is 6.43. The molecule has 2 amide bonds. The van der Waals surface area contributed by atoms with Gasteiger partial charge in [-0.1, -0.05) is 0 Å². The third kappa shape index (κ3) is 3.77. The summed E-state index contributed by atoms with van der Waals surface area (Å²) >= 11 is 1.28. The summed E-state index contributed by atoms with van der Waals surface area (Å²) in [6.45, 7) is 1.39. The quantitative estimate of drug-likeness (QED) is 0.732. The molecule has 3 aromatic rings. The molecule has 0 saturated heterocycles. The Bertz CT molecular complexity index is 968. The summed E-state index contributed by atoms with van der Waals surface area (Å²) < 4.78 is 19.3. The van der Waals surface area contributed by atoms with Crippen LogP contribution in [0.4, 0.5) is 15.8 Å². The van der Waals surface area contributed by atoms with Crippen molar-refractivity contribution in [1.29, 1.82) is 0 Å². The first-order valence-corrected chi connectivity index (χ1v) is 8.24. The molecule has 0 spiro atoms. The number of carbonyl (C=O) groups excluding carboxylic acids is 2. The van der Waals surface area contributed by atoms with Crippen LogP contribution in [0, 0.1) is 5.82 Å². The van der Waals surface area contributed by atoms with E-state index in [-0.39, 0.29) is 17.6 Å². The predicted octanol–water partition coefficient (Wildman–Crippen LogP) is 4.26. The number of carbonyl (C=O) groups is 2. The summed E-state index contributed by atoms with van der Waals surface area (Å²) in [6.07, 6.45) is 0. The number of methoxy groups -OCH3 is 1. The Morgan fingerprint density at radius 1 is 1.08 bits per heavy atom. The highest BCUT2D eigenvalue weighted by molar-refractivity contribution is 7.20. The second kappa shape index (κ2) is 6.90. The zero-order valence-corrected chi connectivity index (χ0v) is 14.4. The third-order valence-corrected chi connectivity index (χ3v) is 4.59. The number of benzene rings is 2. The van der Waals surface area contributed by atoms with Gasteiger partial charge in [-0.05, 0) is 47.9 Å². The van der Waals surface area contributed by atoms with Crippen LogP contribution >= 0.6 is 11.3 Å². The van der Waals surface area contributed by atoms with E-state index < -0.39 is 0 Å². The molecule has 0 bridgehead atoms. The zero-order valence-electron chi connectivity index (χ0n) is 13.6. The summed E-state index contributed by atoms with van der Waals surface area (Å²) in [6, 6.07) is 11.0. The highest BCUT2D eigenvalue weighted by atomic mass is 32.1. The third-order valence-electron chi connectivity index (χ3n) is 3.47. The minimum Gasteiger partial charge on any atom is -0.495 e. The van der Waals surface area contributed by atoms with Gasteiger partial charge >= 0.3 is 0 Å². The van der Waals surface area contributed by atoms with E-state index >= 15 is 0 Å². The van der Waals surface area contributed by atoms with E-state index in [1.807, 2.05) is 0 Å². The Hall–Kier alpha value is -2.93. The minimum absolute atomic E-state index is 0.242. The molecule has 0 aliphatic carbocycles. The summed E-state index contributed by atoms with van der Waals surface area (Å²) in [4.78, 5) is 24.2. The van der Waals surface area contributed by atoms with E-state index in [0.29, 0.717) is 27.4 Å².